The summed E-state index contributed by atoms with van der Waals surface area (Å²) >= 11 is 0. The summed E-state index contributed by atoms with van der Waals surface area (Å²) in [5.74, 6) is 0.331. The number of guanidine groups is 1. The number of nitrogens with one attached hydrogen (secondary N) is 2. The van der Waals surface area contributed by atoms with Gasteiger partial charge in [0.05, 0.1) is 6.54 Å². The fourth-order valence-electron chi connectivity index (χ4n) is 0.905. The third-order valence-electron chi connectivity index (χ3n) is 1.50. The van der Waals surface area contributed by atoms with Gasteiger partial charge < -0.3 is 16.4 Å². The number of aliphatic imine (C=N–C) groups is 1. The summed E-state index contributed by atoms with van der Waals surface area (Å²) in [4.78, 5) is 15.2. The summed E-state index contributed by atoms with van der Waals surface area (Å²) in [6.45, 7) is 8.35. The maximum Gasteiger partial charge on any atom is 0.222 e. The van der Waals surface area contributed by atoms with E-state index >= 15 is 0 Å². The third-order valence-corrected chi connectivity index (χ3v) is 1.50. The molecule has 0 spiro atoms. The lowest BCUT2D eigenvalue weighted by molar-refractivity contribution is -0.121. The first kappa shape index (κ1) is 17.6. The Morgan fingerprint density at radius 1 is 1.56 bits per heavy atom. The van der Waals surface area contributed by atoms with E-state index < -0.39 is 0 Å². The fourth-order valence-corrected chi connectivity index (χ4v) is 0.905. The number of nitrogens with two attached hydrogens (primary N) is 1. The summed E-state index contributed by atoms with van der Waals surface area (Å²) in [5, 5.41) is 5.60. The number of carbonyl (C=O) groups excluding carboxylic acids is 1. The van der Waals surface area contributed by atoms with Crippen LogP contribution in [0.15, 0.2) is 17.6 Å². The van der Waals surface area contributed by atoms with Gasteiger partial charge in [-0.2, -0.15) is 0 Å². The largest absolute Gasteiger partial charge is 0.370 e. The molecule has 4 N–H and O–H groups in total. The predicted molar refractivity (Wildman–Crippen MR) is 78.0 cm³/mol. The van der Waals surface area contributed by atoms with E-state index in [0.717, 1.165) is 0 Å². The Hall–Kier alpha value is -0.790. The Morgan fingerprint density at radius 2 is 2.19 bits per heavy atom. The van der Waals surface area contributed by atoms with Crippen LogP contribution in [0.25, 0.3) is 0 Å². The van der Waals surface area contributed by atoms with E-state index in [1.54, 1.807) is 6.08 Å². The van der Waals surface area contributed by atoms with E-state index in [1.807, 2.05) is 13.8 Å². The molecule has 0 radical (unpaired) electrons. The first-order valence-corrected chi connectivity index (χ1v) is 5.00. The summed E-state index contributed by atoms with van der Waals surface area (Å²) < 4.78 is 0. The van der Waals surface area contributed by atoms with Crippen molar-refractivity contribution in [1.29, 1.82) is 0 Å². The molecular formula is C10H21IN4O. The van der Waals surface area contributed by atoms with Gasteiger partial charge in [0.2, 0.25) is 5.91 Å². The minimum absolute atomic E-state index is 0. The SMILES string of the molecule is C=CCNC(N)=NCCC(=O)NC(C)C.I. The highest BCUT2D eigenvalue weighted by molar-refractivity contribution is 14.0. The second-order valence-electron chi connectivity index (χ2n) is 3.41. The molecule has 0 heterocycles. The second kappa shape index (κ2) is 10.7. The van der Waals surface area contributed by atoms with Gasteiger partial charge in [0, 0.05) is 19.0 Å². The monoisotopic (exact) mass is 340 g/mol. The molecule has 0 saturated carbocycles. The maximum atomic E-state index is 11.2. The van der Waals surface area contributed by atoms with Crippen molar-refractivity contribution in [2.24, 2.45) is 10.7 Å². The van der Waals surface area contributed by atoms with E-state index in [9.17, 15) is 4.79 Å². The number of hydrogen-bond donors (Lipinski definition) is 3. The van der Waals surface area contributed by atoms with Crippen LogP contribution in [0.1, 0.15) is 20.3 Å². The van der Waals surface area contributed by atoms with Crippen molar-refractivity contribution in [3.8, 4) is 0 Å². The van der Waals surface area contributed by atoms with Crippen LogP contribution in [-0.2, 0) is 4.79 Å². The number of carbonyl (C=O) groups is 1. The van der Waals surface area contributed by atoms with Gasteiger partial charge in [0.15, 0.2) is 5.96 Å². The average Bonchev–Trinajstić information content (AvgIpc) is 2.13. The highest BCUT2D eigenvalue weighted by Crippen LogP contribution is 1.84. The van der Waals surface area contributed by atoms with Crippen LogP contribution in [0.3, 0.4) is 0 Å². The average molecular weight is 340 g/mol. The van der Waals surface area contributed by atoms with Gasteiger partial charge in [0.1, 0.15) is 0 Å². The molecule has 0 aliphatic heterocycles. The zero-order valence-electron chi connectivity index (χ0n) is 9.82. The minimum atomic E-state index is -0.00901. The van der Waals surface area contributed by atoms with Crippen LogP contribution in [-0.4, -0.2) is 31.0 Å². The highest BCUT2D eigenvalue weighted by Gasteiger charge is 2.01. The molecular weight excluding hydrogens is 319 g/mol. The lowest BCUT2D eigenvalue weighted by Crippen LogP contribution is -2.33. The summed E-state index contributed by atoms with van der Waals surface area (Å²) in [6, 6.07) is 0.165. The number of nitrogens with zero attached hydrogens (tertiary/aromatic N) is 1. The molecule has 0 atom stereocenters. The number of halogens is 1. The first-order valence-electron chi connectivity index (χ1n) is 5.00. The molecule has 16 heavy (non-hydrogen) atoms. The maximum absolute atomic E-state index is 11.2. The molecule has 0 fully saturated rings. The van der Waals surface area contributed by atoms with Crippen LogP contribution < -0.4 is 16.4 Å². The Balaban J connectivity index is 0. The quantitative estimate of drug-likeness (QED) is 0.287. The molecule has 0 aliphatic carbocycles. The van der Waals surface area contributed by atoms with Crippen LogP contribution in [0, 0.1) is 0 Å². The third kappa shape index (κ3) is 11.3. The van der Waals surface area contributed by atoms with Gasteiger partial charge in [-0.3, -0.25) is 9.79 Å². The molecule has 5 nitrogen and oxygen atoms in total. The van der Waals surface area contributed by atoms with Gasteiger partial charge in [-0.15, -0.1) is 30.6 Å². The minimum Gasteiger partial charge on any atom is -0.370 e. The zero-order chi connectivity index (χ0) is 11.7. The summed E-state index contributed by atoms with van der Waals surface area (Å²) in [7, 11) is 0. The highest BCUT2D eigenvalue weighted by atomic mass is 127. The first-order chi connectivity index (χ1) is 7.06. The lowest BCUT2D eigenvalue weighted by Gasteiger charge is -2.07. The van der Waals surface area contributed by atoms with Gasteiger partial charge in [-0.1, -0.05) is 6.08 Å². The van der Waals surface area contributed by atoms with Crippen LogP contribution in [0.4, 0.5) is 0 Å². The molecule has 0 rings (SSSR count). The molecule has 0 aromatic heterocycles. The van der Waals surface area contributed by atoms with Gasteiger partial charge in [-0.25, -0.2) is 0 Å². The molecule has 0 bridgehead atoms. The molecule has 0 aromatic rings. The van der Waals surface area contributed by atoms with E-state index in [4.69, 9.17) is 5.73 Å². The number of rotatable bonds is 6. The van der Waals surface area contributed by atoms with Crippen molar-refractivity contribution in [2.45, 2.75) is 26.3 Å². The molecule has 0 aliphatic rings. The number of amides is 1. The smallest absolute Gasteiger partial charge is 0.222 e. The van der Waals surface area contributed by atoms with Gasteiger partial charge in [-0.05, 0) is 13.8 Å². The second-order valence-corrected chi connectivity index (χ2v) is 3.41. The van der Waals surface area contributed by atoms with Crippen molar-refractivity contribution in [3.63, 3.8) is 0 Å². The van der Waals surface area contributed by atoms with Crippen molar-refractivity contribution in [3.05, 3.63) is 12.7 Å². The molecule has 6 heteroatoms. The van der Waals surface area contributed by atoms with E-state index in [-0.39, 0.29) is 35.9 Å². The van der Waals surface area contributed by atoms with Crippen molar-refractivity contribution in [2.75, 3.05) is 13.1 Å². The van der Waals surface area contributed by atoms with Crippen molar-refractivity contribution >= 4 is 35.8 Å². The topological polar surface area (TPSA) is 79.5 Å². The van der Waals surface area contributed by atoms with E-state index in [0.29, 0.717) is 25.5 Å². The lowest BCUT2D eigenvalue weighted by atomic mass is 10.3. The Kier molecular flexibility index (Phi) is 11.8. The normalized spacial score (nSPS) is 10.6. The van der Waals surface area contributed by atoms with E-state index in [1.165, 1.54) is 0 Å². The molecule has 0 saturated heterocycles. The molecule has 0 unspecified atom stereocenters. The van der Waals surface area contributed by atoms with Crippen LogP contribution in [0.5, 0.6) is 0 Å². The van der Waals surface area contributed by atoms with Gasteiger partial charge in [0.25, 0.3) is 0 Å². The van der Waals surface area contributed by atoms with Crippen LogP contribution in [0.2, 0.25) is 0 Å². The Bertz CT molecular complexity index is 241. The van der Waals surface area contributed by atoms with Crippen molar-refractivity contribution in [1.82, 2.24) is 10.6 Å². The van der Waals surface area contributed by atoms with Crippen LogP contribution >= 0.6 is 24.0 Å². The van der Waals surface area contributed by atoms with E-state index in [2.05, 4.69) is 22.2 Å². The standard InChI is InChI=1S/C10H20N4O.HI/c1-4-6-12-10(11)13-7-5-9(15)14-8(2)3;/h4,8H,1,5-7H2,2-3H3,(H,14,15)(H3,11,12,13);1H. The van der Waals surface area contributed by atoms with Crippen molar-refractivity contribution < 1.29 is 4.79 Å². The Morgan fingerprint density at radius 3 is 2.69 bits per heavy atom. The molecule has 0 aromatic carbocycles. The fraction of sp³-hybridized carbons (Fsp3) is 0.600. The summed E-state index contributed by atoms with van der Waals surface area (Å²) in [6.07, 6.45) is 2.04. The zero-order valence-corrected chi connectivity index (χ0v) is 12.2. The number of hydrogen-bond acceptors (Lipinski definition) is 2. The molecule has 1 amide bonds. The predicted octanol–water partition coefficient (Wildman–Crippen LogP) is 0.609. The Labute approximate surface area is 114 Å². The van der Waals surface area contributed by atoms with Gasteiger partial charge >= 0.3 is 0 Å². The summed E-state index contributed by atoms with van der Waals surface area (Å²) in [5.41, 5.74) is 5.51. The molecule has 94 valence electrons.